The standard InChI is InChI=1S/C17H27BrN2/c1-11-8-12(2)14(4)20(10-11)17-7-6-15(9-16(17)18)13(3)19-5/h6-7,9,11-14,19H,8,10H2,1-5H3. The zero-order chi connectivity index (χ0) is 14.9. The summed E-state index contributed by atoms with van der Waals surface area (Å²) in [5.74, 6) is 1.52. The first kappa shape index (κ1) is 15.8. The Labute approximate surface area is 132 Å². The molecule has 2 rings (SSSR count). The van der Waals surface area contributed by atoms with Crippen LogP contribution < -0.4 is 10.2 Å². The van der Waals surface area contributed by atoms with Crippen molar-refractivity contribution in [1.29, 1.82) is 0 Å². The summed E-state index contributed by atoms with van der Waals surface area (Å²) in [5, 5.41) is 3.30. The zero-order valence-electron chi connectivity index (χ0n) is 13.3. The highest BCUT2D eigenvalue weighted by atomic mass is 79.9. The molecule has 112 valence electrons. The fraction of sp³-hybridized carbons (Fsp3) is 0.647. The topological polar surface area (TPSA) is 15.3 Å². The Morgan fingerprint density at radius 3 is 2.60 bits per heavy atom. The van der Waals surface area contributed by atoms with Crippen LogP contribution in [0, 0.1) is 11.8 Å². The first-order valence-corrected chi connectivity index (χ1v) is 8.46. The van der Waals surface area contributed by atoms with Crippen LogP contribution in [0.5, 0.6) is 0 Å². The maximum atomic E-state index is 3.78. The highest BCUT2D eigenvalue weighted by Crippen LogP contribution is 2.36. The van der Waals surface area contributed by atoms with E-state index in [9.17, 15) is 0 Å². The summed E-state index contributed by atoms with van der Waals surface area (Å²) in [6.45, 7) is 10.4. The minimum atomic E-state index is 0.386. The van der Waals surface area contributed by atoms with Gasteiger partial charge in [-0.05, 0) is 72.8 Å². The fourth-order valence-electron chi connectivity index (χ4n) is 3.23. The molecule has 0 amide bonds. The Morgan fingerprint density at radius 2 is 2.00 bits per heavy atom. The van der Waals surface area contributed by atoms with Crippen molar-refractivity contribution in [3.05, 3.63) is 28.2 Å². The van der Waals surface area contributed by atoms with E-state index in [1.165, 1.54) is 22.1 Å². The van der Waals surface area contributed by atoms with Crippen LogP contribution >= 0.6 is 15.9 Å². The Kier molecular flexibility index (Phi) is 5.14. The van der Waals surface area contributed by atoms with Gasteiger partial charge in [0.1, 0.15) is 0 Å². The van der Waals surface area contributed by atoms with Crippen LogP contribution in [0.15, 0.2) is 22.7 Å². The molecule has 0 radical (unpaired) electrons. The Morgan fingerprint density at radius 1 is 1.30 bits per heavy atom. The second kappa shape index (κ2) is 6.48. The van der Waals surface area contributed by atoms with E-state index in [-0.39, 0.29) is 0 Å². The number of piperidine rings is 1. The van der Waals surface area contributed by atoms with Gasteiger partial charge in [0.15, 0.2) is 0 Å². The van der Waals surface area contributed by atoms with E-state index in [2.05, 4.69) is 72.0 Å². The first-order valence-electron chi connectivity index (χ1n) is 7.67. The third-order valence-corrected chi connectivity index (χ3v) is 5.45. The lowest BCUT2D eigenvalue weighted by Gasteiger charge is -2.43. The van der Waals surface area contributed by atoms with Gasteiger partial charge < -0.3 is 10.2 Å². The summed E-state index contributed by atoms with van der Waals surface area (Å²) in [5.41, 5.74) is 2.66. The molecule has 1 aliphatic heterocycles. The monoisotopic (exact) mass is 338 g/mol. The molecule has 1 aliphatic rings. The van der Waals surface area contributed by atoms with Gasteiger partial charge in [-0.25, -0.2) is 0 Å². The van der Waals surface area contributed by atoms with Crippen LogP contribution in [0.25, 0.3) is 0 Å². The van der Waals surface area contributed by atoms with Gasteiger partial charge in [-0.1, -0.05) is 19.9 Å². The molecule has 1 fully saturated rings. The zero-order valence-corrected chi connectivity index (χ0v) is 14.9. The van der Waals surface area contributed by atoms with Crippen LogP contribution in [0.1, 0.15) is 45.7 Å². The molecule has 2 nitrogen and oxygen atoms in total. The van der Waals surface area contributed by atoms with Gasteiger partial charge in [-0.15, -0.1) is 0 Å². The number of anilines is 1. The van der Waals surface area contributed by atoms with Crippen LogP contribution in [0.3, 0.4) is 0 Å². The predicted molar refractivity (Wildman–Crippen MR) is 91.4 cm³/mol. The number of hydrogen-bond acceptors (Lipinski definition) is 2. The van der Waals surface area contributed by atoms with Gasteiger partial charge in [0.25, 0.3) is 0 Å². The van der Waals surface area contributed by atoms with Gasteiger partial charge in [0, 0.05) is 23.1 Å². The van der Waals surface area contributed by atoms with Crippen LogP contribution in [-0.2, 0) is 0 Å². The van der Waals surface area contributed by atoms with Crippen molar-refractivity contribution in [3.63, 3.8) is 0 Å². The summed E-state index contributed by atoms with van der Waals surface area (Å²) in [6, 6.07) is 7.77. The van der Waals surface area contributed by atoms with Crippen LogP contribution in [0.4, 0.5) is 5.69 Å². The second-order valence-corrected chi connectivity index (χ2v) is 7.29. The largest absolute Gasteiger partial charge is 0.367 e. The Balaban J connectivity index is 2.28. The Hall–Kier alpha value is -0.540. The molecule has 1 saturated heterocycles. The lowest BCUT2D eigenvalue weighted by molar-refractivity contribution is 0.297. The normalized spacial score (nSPS) is 28.5. The summed E-state index contributed by atoms with van der Waals surface area (Å²) >= 11 is 3.78. The molecular formula is C17H27BrN2. The molecule has 4 unspecified atom stereocenters. The summed E-state index contributed by atoms with van der Waals surface area (Å²) in [4.78, 5) is 2.57. The average molecular weight is 339 g/mol. The van der Waals surface area contributed by atoms with E-state index in [1.807, 2.05) is 7.05 Å². The summed E-state index contributed by atoms with van der Waals surface area (Å²) < 4.78 is 1.21. The van der Waals surface area contributed by atoms with E-state index in [0.717, 1.165) is 18.4 Å². The van der Waals surface area contributed by atoms with E-state index in [1.54, 1.807) is 0 Å². The van der Waals surface area contributed by atoms with Gasteiger partial charge >= 0.3 is 0 Å². The molecule has 20 heavy (non-hydrogen) atoms. The van der Waals surface area contributed by atoms with E-state index in [0.29, 0.717) is 12.1 Å². The summed E-state index contributed by atoms with van der Waals surface area (Å²) in [7, 11) is 2.00. The maximum absolute atomic E-state index is 3.78. The van der Waals surface area contributed by atoms with Crippen molar-refractivity contribution < 1.29 is 0 Å². The lowest BCUT2D eigenvalue weighted by atomic mass is 9.85. The van der Waals surface area contributed by atoms with Crippen molar-refractivity contribution in [2.45, 2.75) is 46.2 Å². The average Bonchev–Trinajstić information content (AvgIpc) is 2.42. The van der Waals surface area contributed by atoms with Crippen molar-refractivity contribution in [3.8, 4) is 0 Å². The maximum Gasteiger partial charge on any atom is 0.0513 e. The molecule has 0 bridgehead atoms. The minimum Gasteiger partial charge on any atom is -0.367 e. The van der Waals surface area contributed by atoms with Crippen LogP contribution in [-0.4, -0.2) is 19.6 Å². The van der Waals surface area contributed by atoms with Crippen molar-refractivity contribution >= 4 is 21.6 Å². The summed E-state index contributed by atoms with van der Waals surface area (Å²) in [6.07, 6.45) is 1.34. The number of benzene rings is 1. The molecule has 0 aromatic heterocycles. The Bertz CT molecular complexity index is 460. The van der Waals surface area contributed by atoms with Crippen molar-refractivity contribution in [1.82, 2.24) is 5.32 Å². The first-order chi connectivity index (χ1) is 9.43. The molecule has 1 aromatic carbocycles. The van der Waals surface area contributed by atoms with Crippen molar-refractivity contribution in [2.24, 2.45) is 11.8 Å². The third kappa shape index (κ3) is 3.20. The highest BCUT2D eigenvalue weighted by Gasteiger charge is 2.29. The molecule has 0 spiro atoms. The minimum absolute atomic E-state index is 0.386. The molecule has 4 atom stereocenters. The lowest BCUT2D eigenvalue weighted by Crippen LogP contribution is -2.46. The van der Waals surface area contributed by atoms with E-state index >= 15 is 0 Å². The van der Waals surface area contributed by atoms with E-state index < -0.39 is 0 Å². The van der Waals surface area contributed by atoms with Crippen molar-refractivity contribution in [2.75, 3.05) is 18.5 Å². The van der Waals surface area contributed by atoms with E-state index in [4.69, 9.17) is 0 Å². The molecule has 0 aliphatic carbocycles. The molecule has 1 N–H and O–H groups in total. The number of nitrogens with one attached hydrogen (secondary N) is 1. The molecule has 0 saturated carbocycles. The van der Waals surface area contributed by atoms with Crippen LogP contribution in [0.2, 0.25) is 0 Å². The smallest absolute Gasteiger partial charge is 0.0513 e. The van der Waals surface area contributed by atoms with Gasteiger partial charge in [0.05, 0.1) is 5.69 Å². The van der Waals surface area contributed by atoms with Gasteiger partial charge in [-0.2, -0.15) is 0 Å². The van der Waals surface area contributed by atoms with Gasteiger partial charge in [0.2, 0.25) is 0 Å². The number of halogens is 1. The quantitative estimate of drug-likeness (QED) is 0.866. The van der Waals surface area contributed by atoms with Gasteiger partial charge in [-0.3, -0.25) is 0 Å². The highest BCUT2D eigenvalue weighted by molar-refractivity contribution is 9.10. The number of rotatable bonds is 3. The number of hydrogen-bond donors (Lipinski definition) is 1. The molecular weight excluding hydrogens is 312 g/mol. The molecule has 3 heteroatoms. The molecule has 1 aromatic rings. The SMILES string of the molecule is CNC(C)c1ccc(N2CC(C)CC(C)C2C)c(Br)c1. The fourth-order valence-corrected chi connectivity index (χ4v) is 3.85. The third-order valence-electron chi connectivity index (χ3n) is 4.81. The number of nitrogens with zero attached hydrogens (tertiary/aromatic N) is 1. The molecule has 1 heterocycles. The second-order valence-electron chi connectivity index (χ2n) is 6.43. The predicted octanol–water partition coefficient (Wildman–Crippen LogP) is 4.60.